The molecular weight excluding hydrogens is 314 g/mol. The predicted molar refractivity (Wildman–Crippen MR) is 96.3 cm³/mol. The second-order valence-corrected chi connectivity index (χ2v) is 6.89. The van der Waals surface area contributed by atoms with Crippen LogP contribution < -0.4 is 4.90 Å². The monoisotopic (exact) mass is 337 g/mol. The van der Waals surface area contributed by atoms with Crippen molar-refractivity contribution in [1.29, 1.82) is 0 Å². The van der Waals surface area contributed by atoms with Gasteiger partial charge in [-0.3, -0.25) is 9.55 Å². The summed E-state index contributed by atoms with van der Waals surface area (Å²) in [6.45, 7) is 2.91. The van der Waals surface area contributed by atoms with Crippen LogP contribution in [0.2, 0.25) is 0 Å². The molecule has 1 aliphatic rings. The van der Waals surface area contributed by atoms with Crippen molar-refractivity contribution in [3.63, 3.8) is 0 Å². The van der Waals surface area contributed by atoms with E-state index >= 15 is 0 Å². The van der Waals surface area contributed by atoms with Crippen LogP contribution in [0, 0.1) is 5.92 Å². The zero-order valence-electron chi connectivity index (χ0n) is 14.7. The van der Waals surface area contributed by atoms with Crippen LogP contribution in [0.3, 0.4) is 0 Å². The van der Waals surface area contributed by atoms with Gasteiger partial charge in [-0.1, -0.05) is 13.0 Å². The van der Waals surface area contributed by atoms with E-state index in [1.807, 2.05) is 30.3 Å². The highest BCUT2D eigenvalue weighted by atomic mass is 16.3. The zero-order chi connectivity index (χ0) is 17.2. The van der Waals surface area contributed by atoms with E-state index in [1.165, 1.54) is 19.3 Å². The van der Waals surface area contributed by atoms with Crippen LogP contribution in [0.15, 0.2) is 47.2 Å². The van der Waals surface area contributed by atoms with Crippen molar-refractivity contribution in [3.8, 4) is 11.5 Å². The van der Waals surface area contributed by atoms with E-state index in [0.717, 1.165) is 29.1 Å². The SMILES string of the molecule is CC1CCC(N(C)c2nnc(-c3ccccn3)n2Cc2ccco2)C1. The van der Waals surface area contributed by atoms with Gasteiger partial charge >= 0.3 is 0 Å². The van der Waals surface area contributed by atoms with Crippen LogP contribution in [-0.2, 0) is 6.54 Å². The largest absolute Gasteiger partial charge is 0.467 e. The second-order valence-electron chi connectivity index (χ2n) is 6.89. The number of nitrogens with zero attached hydrogens (tertiary/aromatic N) is 5. The maximum Gasteiger partial charge on any atom is 0.227 e. The predicted octanol–water partition coefficient (Wildman–Crippen LogP) is 3.61. The molecule has 130 valence electrons. The van der Waals surface area contributed by atoms with Gasteiger partial charge in [-0.2, -0.15) is 0 Å². The van der Waals surface area contributed by atoms with E-state index in [1.54, 1.807) is 12.5 Å². The first-order valence-electron chi connectivity index (χ1n) is 8.82. The van der Waals surface area contributed by atoms with E-state index in [2.05, 4.69) is 38.6 Å². The number of rotatable bonds is 5. The van der Waals surface area contributed by atoms with E-state index in [4.69, 9.17) is 4.42 Å². The molecule has 1 saturated carbocycles. The minimum Gasteiger partial charge on any atom is -0.467 e. The summed E-state index contributed by atoms with van der Waals surface area (Å²) in [7, 11) is 2.12. The highest BCUT2D eigenvalue weighted by Gasteiger charge is 2.28. The van der Waals surface area contributed by atoms with Gasteiger partial charge in [0.25, 0.3) is 0 Å². The van der Waals surface area contributed by atoms with Crippen LogP contribution in [0.4, 0.5) is 5.95 Å². The van der Waals surface area contributed by atoms with Crippen molar-refractivity contribution in [2.24, 2.45) is 5.92 Å². The van der Waals surface area contributed by atoms with Gasteiger partial charge in [0.1, 0.15) is 11.5 Å². The molecule has 0 N–H and O–H groups in total. The molecule has 0 amide bonds. The molecular formula is C19H23N5O. The lowest BCUT2D eigenvalue weighted by atomic mass is 10.1. The molecule has 6 nitrogen and oxygen atoms in total. The molecule has 0 aliphatic heterocycles. The Morgan fingerprint density at radius 1 is 1.20 bits per heavy atom. The Hall–Kier alpha value is -2.63. The van der Waals surface area contributed by atoms with Crippen LogP contribution in [0.5, 0.6) is 0 Å². The Morgan fingerprint density at radius 3 is 2.80 bits per heavy atom. The van der Waals surface area contributed by atoms with E-state index < -0.39 is 0 Å². The third kappa shape index (κ3) is 3.16. The number of hydrogen-bond acceptors (Lipinski definition) is 5. The van der Waals surface area contributed by atoms with Crippen molar-refractivity contribution in [1.82, 2.24) is 19.7 Å². The summed E-state index contributed by atoms with van der Waals surface area (Å²) in [5.74, 6) is 3.29. The molecule has 6 heteroatoms. The van der Waals surface area contributed by atoms with Gasteiger partial charge < -0.3 is 9.32 Å². The van der Waals surface area contributed by atoms with Crippen LogP contribution in [-0.4, -0.2) is 32.8 Å². The third-order valence-electron chi connectivity index (χ3n) is 5.05. The molecule has 2 unspecified atom stereocenters. The molecule has 3 aromatic rings. The summed E-state index contributed by atoms with van der Waals surface area (Å²) in [5, 5.41) is 8.95. The van der Waals surface area contributed by atoms with E-state index in [-0.39, 0.29) is 0 Å². The molecule has 0 saturated heterocycles. The number of hydrogen-bond donors (Lipinski definition) is 0. The lowest BCUT2D eigenvalue weighted by Gasteiger charge is -2.26. The Bertz CT molecular complexity index is 812. The summed E-state index contributed by atoms with van der Waals surface area (Å²) in [6, 6.07) is 10.2. The van der Waals surface area contributed by atoms with Gasteiger partial charge in [-0.05, 0) is 49.4 Å². The molecule has 1 aliphatic carbocycles. The van der Waals surface area contributed by atoms with Crippen molar-refractivity contribution in [2.45, 2.75) is 38.8 Å². The minimum absolute atomic E-state index is 0.506. The summed E-state index contributed by atoms with van der Waals surface area (Å²) >= 11 is 0. The molecule has 4 rings (SSSR count). The van der Waals surface area contributed by atoms with Crippen LogP contribution in [0.25, 0.3) is 11.5 Å². The van der Waals surface area contributed by atoms with Gasteiger partial charge in [0.2, 0.25) is 5.95 Å². The molecule has 25 heavy (non-hydrogen) atoms. The molecule has 0 aromatic carbocycles. The molecule has 0 spiro atoms. The van der Waals surface area contributed by atoms with Gasteiger partial charge in [-0.15, -0.1) is 10.2 Å². The third-order valence-corrected chi connectivity index (χ3v) is 5.05. The van der Waals surface area contributed by atoms with Gasteiger partial charge in [0.15, 0.2) is 5.82 Å². The first-order chi connectivity index (χ1) is 12.2. The number of anilines is 1. The molecule has 0 bridgehead atoms. The molecule has 0 radical (unpaired) electrons. The van der Waals surface area contributed by atoms with Gasteiger partial charge in [-0.25, -0.2) is 0 Å². The average molecular weight is 337 g/mol. The number of pyridine rings is 1. The molecule has 1 fully saturated rings. The topological polar surface area (TPSA) is 60.0 Å². The van der Waals surface area contributed by atoms with Crippen molar-refractivity contribution < 1.29 is 4.42 Å². The number of furan rings is 1. The zero-order valence-corrected chi connectivity index (χ0v) is 14.7. The van der Waals surface area contributed by atoms with Crippen molar-refractivity contribution >= 4 is 5.95 Å². The summed E-state index contributed by atoms with van der Waals surface area (Å²) < 4.78 is 7.66. The smallest absolute Gasteiger partial charge is 0.227 e. The lowest BCUT2D eigenvalue weighted by molar-refractivity contribution is 0.491. The van der Waals surface area contributed by atoms with Crippen LogP contribution in [0.1, 0.15) is 31.9 Å². The second kappa shape index (κ2) is 6.70. The highest BCUT2D eigenvalue weighted by molar-refractivity contribution is 5.53. The minimum atomic E-state index is 0.506. The summed E-state index contributed by atoms with van der Waals surface area (Å²) in [4.78, 5) is 6.72. The Labute approximate surface area is 147 Å². The normalized spacial score (nSPS) is 20.1. The molecule has 3 aromatic heterocycles. The quantitative estimate of drug-likeness (QED) is 0.712. The molecule has 2 atom stereocenters. The highest BCUT2D eigenvalue weighted by Crippen LogP contribution is 2.32. The van der Waals surface area contributed by atoms with E-state index in [9.17, 15) is 0 Å². The maximum absolute atomic E-state index is 5.56. The van der Waals surface area contributed by atoms with Crippen molar-refractivity contribution in [2.75, 3.05) is 11.9 Å². The van der Waals surface area contributed by atoms with Crippen molar-refractivity contribution in [3.05, 3.63) is 48.6 Å². The summed E-state index contributed by atoms with van der Waals surface area (Å²) in [6.07, 6.45) is 7.15. The average Bonchev–Trinajstić information content (AvgIpc) is 3.37. The first kappa shape index (κ1) is 15.9. The van der Waals surface area contributed by atoms with E-state index in [0.29, 0.717) is 12.6 Å². The van der Waals surface area contributed by atoms with Gasteiger partial charge in [0, 0.05) is 19.3 Å². The Morgan fingerprint density at radius 2 is 2.12 bits per heavy atom. The Kier molecular flexibility index (Phi) is 4.26. The fraction of sp³-hybridized carbons (Fsp3) is 0.421. The lowest BCUT2D eigenvalue weighted by Crippen LogP contribution is -2.32. The fourth-order valence-corrected chi connectivity index (χ4v) is 3.64. The summed E-state index contributed by atoms with van der Waals surface area (Å²) in [5.41, 5.74) is 0.820. The number of aromatic nitrogens is 4. The first-order valence-corrected chi connectivity index (χ1v) is 8.82. The maximum atomic E-state index is 5.56. The van der Waals surface area contributed by atoms with Gasteiger partial charge in [0.05, 0.1) is 12.8 Å². The Balaban J connectivity index is 1.72. The molecule has 3 heterocycles. The van der Waals surface area contributed by atoms with Crippen LogP contribution >= 0.6 is 0 Å². The fourth-order valence-electron chi connectivity index (χ4n) is 3.64. The standard InChI is InChI=1S/C19H23N5O/c1-14-8-9-15(12-14)23(2)19-22-21-18(17-7-3-4-10-20-17)24(19)13-16-6-5-11-25-16/h3-7,10-11,14-15H,8-9,12-13H2,1-2H3.